The van der Waals surface area contributed by atoms with Crippen LogP contribution in [0.25, 0.3) is 0 Å². The third-order valence-corrected chi connectivity index (χ3v) is 6.00. The first-order valence-electron chi connectivity index (χ1n) is 9.60. The second-order valence-electron chi connectivity index (χ2n) is 8.90. The molecular formula is C19H34N2O2. The van der Waals surface area contributed by atoms with E-state index >= 15 is 0 Å². The lowest BCUT2D eigenvalue weighted by Crippen LogP contribution is -2.52. The minimum absolute atomic E-state index is 0.141. The van der Waals surface area contributed by atoms with Gasteiger partial charge in [0.2, 0.25) is 0 Å². The van der Waals surface area contributed by atoms with Crippen molar-refractivity contribution in [1.29, 1.82) is 0 Å². The van der Waals surface area contributed by atoms with Crippen molar-refractivity contribution in [2.45, 2.75) is 77.9 Å². The van der Waals surface area contributed by atoms with Crippen LogP contribution in [0.5, 0.6) is 0 Å². The number of hydrogen-bond acceptors (Lipinski definition) is 2. The molecule has 1 aliphatic heterocycles. The van der Waals surface area contributed by atoms with E-state index in [1.165, 1.54) is 25.7 Å². The zero-order valence-electron chi connectivity index (χ0n) is 15.1. The molecule has 0 unspecified atom stereocenters. The second kappa shape index (κ2) is 7.00. The molecule has 2 aliphatic carbocycles. The molecule has 2 saturated carbocycles. The Morgan fingerprint density at radius 3 is 2.48 bits per heavy atom. The summed E-state index contributed by atoms with van der Waals surface area (Å²) in [5.41, 5.74) is 0.428. The SMILES string of the molecule is C[C@@H]1CC(C)(C)CC[C@@H]1NC(=O)N1CCC(OCC2CC2)CC1. The Bertz CT molecular complexity index is 412. The van der Waals surface area contributed by atoms with E-state index in [0.29, 0.717) is 23.5 Å². The van der Waals surface area contributed by atoms with Gasteiger partial charge < -0.3 is 15.0 Å². The van der Waals surface area contributed by atoms with Gasteiger partial charge in [0.15, 0.2) is 0 Å². The molecular weight excluding hydrogens is 288 g/mol. The molecule has 0 bridgehead atoms. The summed E-state index contributed by atoms with van der Waals surface area (Å²) in [5, 5.41) is 3.30. The lowest BCUT2D eigenvalue weighted by molar-refractivity contribution is 0.00883. The van der Waals surface area contributed by atoms with Crippen LogP contribution in [0.15, 0.2) is 0 Å². The Kier molecular flexibility index (Phi) is 5.19. The largest absolute Gasteiger partial charge is 0.378 e. The Hall–Kier alpha value is -0.770. The monoisotopic (exact) mass is 322 g/mol. The molecule has 3 rings (SSSR count). The average Bonchev–Trinajstić information content (AvgIpc) is 3.32. The molecule has 132 valence electrons. The van der Waals surface area contributed by atoms with Gasteiger partial charge in [-0.1, -0.05) is 20.8 Å². The van der Waals surface area contributed by atoms with Gasteiger partial charge in [-0.25, -0.2) is 4.79 Å². The first-order valence-corrected chi connectivity index (χ1v) is 9.60. The van der Waals surface area contributed by atoms with Crippen LogP contribution in [0.2, 0.25) is 0 Å². The highest BCUT2D eigenvalue weighted by atomic mass is 16.5. The molecule has 3 aliphatic rings. The third-order valence-electron chi connectivity index (χ3n) is 6.00. The Morgan fingerprint density at radius 2 is 1.87 bits per heavy atom. The quantitative estimate of drug-likeness (QED) is 0.855. The molecule has 0 radical (unpaired) electrons. The lowest BCUT2D eigenvalue weighted by Gasteiger charge is -2.41. The highest BCUT2D eigenvalue weighted by molar-refractivity contribution is 5.74. The third kappa shape index (κ3) is 4.85. The maximum Gasteiger partial charge on any atom is 0.317 e. The van der Waals surface area contributed by atoms with Crippen LogP contribution in [0, 0.1) is 17.3 Å². The minimum atomic E-state index is 0.141. The number of ether oxygens (including phenoxy) is 1. The smallest absolute Gasteiger partial charge is 0.317 e. The van der Waals surface area contributed by atoms with Crippen molar-refractivity contribution >= 4 is 6.03 Å². The summed E-state index contributed by atoms with van der Waals surface area (Å²) >= 11 is 0. The standard InChI is InChI=1S/C19H34N2O2/c1-14-12-19(2,3)9-6-17(14)20-18(22)21-10-7-16(8-11-21)23-13-15-4-5-15/h14-17H,4-13H2,1-3H3,(H,20,22)/t14-,17+/m1/s1. The lowest BCUT2D eigenvalue weighted by atomic mass is 9.70. The minimum Gasteiger partial charge on any atom is -0.378 e. The fourth-order valence-electron chi connectivity index (χ4n) is 4.19. The van der Waals surface area contributed by atoms with E-state index in [0.717, 1.165) is 44.9 Å². The van der Waals surface area contributed by atoms with Crippen molar-refractivity contribution in [1.82, 2.24) is 10.2 Å². The summed E-state index contributed by atoms with van der Waals surface area (Å²) in [6.07, 6.45) is 8.57. The molecule has 1 saturated heterocycles. The van der Waals surface area contributed by atoms with Crippen molar-refractivity contribution in [3.8, 4) is 0 Å². The fraction of sp³-hybridized carbons (Fsp3) is 0.947. The molecule has 0 aromatic rings. The molecule has 23 heavy (non-hydrogen) atoms. The summed E-state index contributed by atoms with van der Waals surface area (Å²) < 4.78 is 5.97. The number of hydrogen-bond donors (Lipinski definition) is 1. The van der Waals surface area contributed by atoms with Crippen molar-refractivity contribution < 1.29 is 9.53 Å². The fourth-order valence-corrected chi connectivity index (χ4v) is 4.19. The normalized spacial score (nSPS) is 31.9. The highest BCUT2D eigenvalue weighted by Gasteiger charge is 2.34. The Labute approximate surface area is 141 Å². The number of carbonyl (C=O) groups excluding carboxylic acids is 1. The summed E-state index contributed by atoms with van der Waals surface area (Å²) in [6, 6.07) is 0.488. The van der Waals surface area contributed by atoms with E-state index in [4.69, 9.17) is 4.74 Å². The van der Waals surface area contributed by atoms with E-state index in [1.807, 2.05) is 4.90 Å². The zero-order valence-corrected chi connectivity index (χ0v) is 15.1. The Balaban J connectivity index is 1.39. The van der Waals surface area contributed by atoms with Crippen molar-refractivity contribution in [2.75, 3.05) is 19.7 Å². The van der Waals surface area contributed by atoms with Gasteiger partial charge in [-0.15, -0.1) is 0 Å². The molecule has 1 N–H and O–H groups in total. The molecule has 2 amide bonds. The van der Waals surface area contributed by atoms with Crippen molar-refractivity contribution in [2.24, 2.45) is 17.3 Å². The zero-order chi connectivity index (χ0) is 16.4. The molecule has 0 aromatic carbocycles. The summed E-state index contributed by atoms with van der Waals surface area (Å²) in [4.78, 5) is 14.5. The van der Waals surface area contributed by atoms with Crippen LogP contribution in [0.4, 0.5) is 4.79 Å². The Morgan fingerprint density at radius 1 is 1.17 bits per heavy atom. The van der Waals surface area contributed by atoms with Crippen molar-refractivity contribution in [3.63, 3.8) is 0 Å². The second-order valence-corrected chi connectivity index (χ2v) is 8.90. The predicted octanol–water partition coefficient (Wildman–Crippen LogP) is 3.80. The number of likely N-dealkylation sites (tertiary alicyclic amines) is 1. The molecule has 0 spiro atoms. The molecule has 2 atom stereocenters. The first-order chi connectivity index (χ1) is 10.9. The van der Waals surface area contributed by atoms with Gasteiger partial charge in [-0.05, 0) is 62.2 Å². The van der Waals surface area contributed by atoms with Crippen LogP contribution < -0.4 is 5.32 Å². The molecule has 4 heteroatoms. The maximum atomic E-state index is 12.5. The van der Waals surface area contributed by atoms with E-state index in [9.17, 15) is 4.79 Å². The topological polar surface area (TPSA) is 41.6 Å². The number of piperidine rings is 1. The number of carbonyl (C=O) groups is 1. The van der Waals surface area contributed by atoms with Crippen LogP contribution in [0.1, 0.15) is 65.7 Å². The van der Waals surface area contributed by atoms with Gasteiger partial charge in [0.05, 0.1) is 6.10 Å². The van der Waals surface area contributed by atoms with E-state index in [2.05, 4.69) is 26.1 Å². The number of nitrogens with zero attached hydrogens (tertiary/aromatic N) is 1. The van der Waals surface area contributed by atoms with Crippen molar-refractivity contribution in [3.05, 3.63) is 0 Å². The summed E-state index contributed by atoms with van der Waals surface area (Å²) in [7, 11) is 0. The van der Waals surface area contributed by atoms with Crippen LogP contribution in [-0.4, -0.2) is 42.8 Å². The van der Waals surface area contributed by atoms with Gasteiger partial charge in [-0.2, -0.15) is 0 Å². The molecule has 1 heterocycles. The van der Waals surface area contributed by atoms with Crippen LogP contribution in [0.3, 0.4) is 0 Å². The maximum absolute atomic E-state index is 12.5. The predicted molar refractivity (Wildman–Crippen MR) is 92.4 cm³/mol. The summed E-state index contributed by atoms with van der Waals surface area (Å²) in [5.74, 6) is 1.40. The van der Waals surface area contributed by atoms with Gasteiger partial charge in [0, 0.05) is 25.7 Å². The molecule has 3 fully saturated rings. The first kappa shape index (κ1) is 17.1. The summed E-state index contributed by atoms with van der Waals surface area (Å²) in [6.45, 7) is 9.58. The number of urea groups is 1. The van der Waals surface area contributed by atoms with Gasteiger partial charge in [0.1, 0.15) is 0 Å². The number of rotatable bonds is 4. The van der Waals surface area contributed by atoms with E-state index in [1.54, 1.807) is 0 Å². The highest BCUT2D eigenvalue weighted by Crippen LogP contribution is 2.38. The van der Waals surface area contributed by atoms with Gasteiger partial charge in [0.25, 0.3) is 0 Å². The van der Waals surface area contributed by atoms with Crippen LogP contribution >= 0.6 is 0 Å². The van der Waals surface area contributed by atoms with Crippen LogP contribution in [-0.2, 0) is 4.74 Å². The number of amides is 2. The molecule has 0 aromatic heterocycles. The average molecular weight is 322 g/mol. The van der Waals surface area contributed by atoms with E-state index in [-0.39, 0.29) is 6.03 Å². The molecule has 4 nitrogen and oxygen atoms in total. The van der Waals surface area contributed by atoms with Gasteiger partial charge >= 0.3 is 6.03 Å². The number of nitrogens with one attached hydrogen (secondary N) is 1. The van der Waals surface area contributed by atoms with Gasteiger partial charge in [-0.3, -0.25) is 0 Å². The van der Waals surface area contributed by atoms with E-state index < -0.39 is 0 Å².